The van der Waals surface area contributed by atoms with Crippen LogP contribution in [0.15, 0.2) is 53.4 Å². The van der Waals surface area contributed by atoms with E-state index in [1.54, 1.807) is 24.3 Å². The minimum absolute atomic E-state index is 0.0813. The van der Waals surface area contributed by atoms with Gasteiger partial charge in [-0.15, -0.1) is 0 Å². The molecular weight excluding hydrogens is 354 g/mol. The zero-order valence-electron chi connectivity index (χ0n) is 14.0. The maximum atomic E-state index is 12.3. The van der Waals surface area contributed by atoms with Crippen molar-refractivity contribution < 1.29 is 18.0 Å². The maximum absolute atomic E-state index is 12.3. The molecule has 0 saturated carbocycles. The van der Waals surface area contributed by atoms with Crippen LogP contribution in [0, 0.1) is 11.3 Å². The van der Waals surface area contributed by atoms with E-state index in [1.807, 2.05) is 6.07 Å². The lowest BCUT2D eigenvalue weighted by molar-refractivity contribution is -0.116. The largest absolute Gasteiger partial charge is 0.326 e. The van der Waals surface area contributed by atoms with E-state index in [0.717, 1.165) is 0 Å². The van der Waals surface area contributed by atoms with Gasteiger partial charge >= 0.3 is 0 Å². The van der Waals surface area contributed by atoms with Gasteiger partial charge in [-0.2, -0.15) is 5.26 Å². The lowest BCUT2D eigenvalue weighted by Gasteiger charge is -2.07. The summed E-state index contributed by atoms with van der Waals surface area (Å²) in [5.74, 6) is -1.03. The molecule has 0 bridgehead atoms. The van der Waals surface area contributed by atoms with Crippen LogP contribution in [-0.2, 0) is 19.4 Å². The third-order valence-electron chi connectivity index (χ3n) is 3.43. The summed E-state index contributed by atoms with van der Waals surface area (Å²) in [5.41, 5.74) is 1.45. The fraction of sp³-hybridized carbons (Fsp3) is 0.167. The Bertz CT molecular complexity index is 943. The van der Waals surface area contributed by atoms with Crippen LogP contribution in [0.25, 0.3) is 0 Å². The standard InChI is InChI=1S/C18H17N3O4S/c1-13(22)20-15-6-8-17(9-7-15)26(24,25)11-10-18(23)21-16-4-2-14(12-19)3-5-16/h2-9H,10-11H2,1H3,(H,20,22)(H,21,23). The second kappa shape index (κ2) is 8.27. The highest BCUT2D eigenvalue weighted by atomic mass is 32.2. The molecule has 0 aliphatic rings. The zero-order chi connectivity index (χ0) is 19.2. The van der Waals surface area contributed by atoms with Crippen molar-refractivity contribution in [3.63, 3.8) is 0 Å². The summed E-state index contributed by atoms with van der Waals surface area (Å²) < 4.78 is 24.6. The first-order chi connectivity index (χ1) is 12.3. The molecule has 2 aromatic carbocycles. The van der Waals surface area contributed by atoms with Gasteiger partial charge in [0.15, 0.2) is 9.84 Å². The van der Waals surface area contributed by atoms with Gasteiger partial charge in [0, 0.05) is 24.7 Å². The molecule has 0 spiro atoms. The van der Waals surface area contributed by atoms with E-state index in [-0.39, 0.29) is 23.0 Å². The number of sulfone groups is 1. The van der Waals surface area contributed by atoms with Gasteiger partial charge in [-0.05, 0) is 48.5 Å². The molecule has 2 aromatic rings. The second-order valence-corrected chi connectivity index (χ2v) is 7.62. The molecule has 0 fully saturated rings. The Morgan fingerprint density at radius 3 is 2.04 bits per heavy atom. The van der Waals surface area contributed by atoms with E-state index >= 15 is 0 Å². The number of amides is 2. The molecule has 0 radical (unpaired) electrons. The van der Waals surface area contributed by atoms with Crippen LogP contribution in [0.4, 0.5) is 11.4 Å². The monoisotopic (exact) mass is 371 g/mol. The van der Waals surface area contributed by atoms with E-state index < -0.39 is 15.7 Å². The Morgan fingerprint density at radius 2 is 1.50 bits per heavy atom. The number of benzene rings is 2. The molecular formula is C18H17N3O4S. The van der Waals surface area contributed by atoms with Crippen LogP contribution < -0.4 is 10.6 Å². The van der Waals surface area contributed by atoms with Gasteiger partial charge in [0.05, 0.1) is 22.3 Å². The molecule has 2 N–H and O–H groups in total. The van der Waals surface area contributed by atoms with Crippen LogP contribution in [0.1, 0.15) is 18.9 Å². The van der Waals surface area contributed by atoms with E-state index in [2.05, 4.69) is 10.6 Å². The number of hydrogen-bond donors (Lipinski definition) is 2. The maximum Gasteiger partial charge on any atom is 0.225 e. The van der Waals surface area contributed by atoms with Crippen molar-refractivity contribution in [3.05, 3.63) is 54.1 Å². The summed E-state index contributed by atoms with van der Waals surface area (Å²) in [6.07, 6.45) is -0.199. The first kappa shape index (κ1) is 19.1. The van der Waals surface area contributed by atoms with Crippen molar-refractivity contribution in [3.8, 4) is 6.07 Å². The fourth-order valence-corrected chi connectivity index (χ4v) is 3.39. The molecule has 0 unspecified atom stereocenters. The van der Waals surface area contributed by atoms with Gasteiger partial charge in [-0.3, -0.25) is 9.59 Å². The minimum Gasteiger partial charge on any atom is -0.326 e. The van der Waals surface area contributed by atoms with Gasteiger partial charge in [0.25, 0.3) is 0 Å². The molecule has 0 aliphatic carbocycles. The lowest BCUT2D eigenvalue weighted by atomic mass is 10.2. The smallest absolute Gasteiger partial charge is 0.225 e. The SMILES string of the molecule is CC(=O)Nc1ccc(S(=O)(=O)CCC(=O)Nc2ccc(C#N)cc2)cc1. The van der Waals surface area contributed by atoms with Gasteiger partial charge in [-0.25, -0.2) is 8.42 Å². The summed E-state index contributed by atoms with van der Waals surface area (Å²) >= 11 is 0. The number of rotatable bonds is 6. The molecule has 0 aliphatic heterocycles. The van der Waals surface area contributed by atoms with Crippen molar-refractivity contribution in [2.75, 3.05) is 16.4 Å². The van der Waals surface area contributed by atoms with E-state index in [1.165, 1.54) is 31.2 Å². The van der Waals surface area contributed by atoms with E-state index in [4.69, 9.17) is 5.26 Å². The third-order valence-corrected chi connectivity index (χ3v) is 5.16. The van der Waals surface area contributed by atoms with Crippen molar-refractivity contribution in [2.45, 2.75) is 18.2 Å². The van der Waals surface area contributed by atoms with Crippen LogP contribution in [0.5, 0.6) is 0 Å². The Hall–Kier alpha value is -3.18. The summed E-state index contributed by atoms with van der Waals surface area (Å²) in [4.78, 5) is 23.0. The Morgan fingerprint density at radius 1 is 0.962 bits per heavy atom. The third kappa shape index (κ3) is 5.43. The predicted molar refractivity (Wildman–Crippen MR) is 97.2 cm³/mol. The summed E-state index contributed by atoms with van der Waals surface area (Å²) in [6.45, 7) is 1.36. The second-order valence-electron chi connectivity index (χ2n) is 5.51. The van der Waals surface area contributed by atoms with E-state index in [9.17, 15) is 18.0 Å². The molecule has 26 heavy (non-hydrogen) atoms. The Balaban J connectivity index is 1.95. The van der Waals surface area contributed by atoms with Gasteiger partial charge in [-0.1, -0.05) is 0 Å². The Kier molecular flexibility index (Phi) is 6.09. The quantitative estimate of drug-likeness (QED) is 0.808. The van der Waals surface area contributed by atoms with Crippen LogP contribution in [-0.4, -0.2) is 26.0 Å². The molecule has 0 aromatic heterocycles. The molecule has 2 rings (SSSR count). The topological polar surface area (TPSA) is 116 Å². The normalized spacial score (nSPS) is 10.6. The van der Waals surface area contributed by atoms with Crippen molar-refractivity contribution in [2.24, 2.45) is 0 Å². The molecule has 2 amide bonds. The van der Waals surface area contributed by atoms with Crippen molar-refractivity contribution in [1.29, 1.82) is 5.26 Å². The number of nitriles is 1. The van der Waals surface area contributed by atoms with Crippen LogP contribution in [0.2, 0.25) is 0 Å². The van der Waals surface area contributed by atoms with Gasteiger partial charge in [0.1, 0.15) is 0 Å². The summed E-state index contributed by atoms with van der Waals surface area (Å²) in [5, 5.41) is 13.9. The van der Waals surface area contributed by atoms with Crippen molar-refractivity contribution in [1.82, 2.24) is 0 Å². The van der Waals surface area contributed by atoms with Crippen LogP contribution in [0.3, 0.4) is 0 Å². The number of nitrogens with zero attached hydrogens (tertiary/aromatic N) is 1. The zero-order valence-corrected chi connectivity index (χ0v) is 14.8. The van der Waals surface area contributed by atoms with E-state index in [0.29, 0.717) is 16.9 Å². The highest BCUT2D eigenvalue weighted by Gasteiger charge is 2.16. The average Bonchev–Trinajstić information content (AvgIpc) is 2.61. The molecule has 0 saturated heterocycles. The average molecular weight is 371 g/mol. The number of anilines is 2. The number of hydrogen-bond acceptors (Lipinski definition) is 5. The van der Waals surface area contributed by atoms with Gasteiger partial charge < -0.3 is 10.6 Å². The highest BCUT2D eigenvalue weighted by Crippen LogP contribution is 2.16. The van der Waals surface area contributed by atoms with Gasteiger partial charge in [0.2, 0.25) is 11.8 Å². The molecule has 7 nitrogen and oxygen atoms in total. The summed E-state index contributed by atoms with van der Waals surface area (Å²) in [7, 11) is -3.62. The fourth-order valence-electron chi connectivity index (χ4n) is 2.15. The summed E-state index contributed by atoms with van der Waals surface area (Å²) in [6, 6.07) is 14.0. The lowest BCUT2D eigenvalue weighted by Crippen LogP contribution is -2.17. The molecule has 134 valence electrons. The number of carbonyl (C=O) groups excluding carboxylic acids is 2. The molecule has 8 heteroatoms. The van der Waals surface area contributed by atoms with Crippen LogP contribution >= 0.6 is 0 Å². The molecule has 0 heterocycles. The molecule has 0 atom stereocenters. The first-order valence-corrected chi connectivity index (χ1v) is 9.36. The predicted octanol–water partition coefficient (Wildman–Crippen LogP) is 2.32. The first-order valence-electron chi connectivity index (χ1n) is 7.70. The minimum atomic E-state index is -3.62. The number of nitrogens with one attached hydrogen (secondary N) is 2. The Labute approximate surface area is 151 Å². The highest BCUT2D eigenvalue weighted by molar-refractivity contribution is 7.91. The number of carbonyl (C=O) groups is 2. The van der Waals surface area contributed by atoms with Crippen molar-refractivity contribution >= 4 is 33.0 Å².